The number of piperazine rings is 1. The third-order valence-corrected chi connectivity index (χ3v) is 2.94. The summed E-state index contributed by atoms with van der Waals surface area (Å²) in [6.07, 6.45) is -0.475. The monoisotopic (exact) mass is 327 g/mol. The number of nitrogens with zero attached hydrogens (tertiary/aromatic N) is 1. The van der Waals surface area contributed by atoms with E-state index in [2.05, 4.69) is 5.32 Å². The van der Waals surface area contributed by atoms with Gasteiger partial charge in [-0.2, -0.15) is 0 Å². The molecule has 20 heavy (non-hydrogen) atoms. The predicted molar refractivity (Wildman–Crippen MR) is 67.6 cm³/mol. The van der Waals surface area contributed by atoms with Crippen molar-refractivity contribution in [3.05, 3.63) is 35.9 Å². The molecule has 1 saturated heterocycles. The largest absolute Gasteiger partial charge is 0.480 e. The summed E-state index contributed by atoms with van der Waals surface area (Å²) in [6.45, 7) is 1.24. The molecule has 7 heteroatoms. The fraction of sp³-hybridized carbons (Fsp3) is 0.385. The van der Waals surface area contributed by atoms with E-state index in [0.717, 1.165) is 5.56 Å². The number of hydrogen-bond acceptors (Lipinski definition) is 4. The van der Waals surface area contributed by atoms with Crippen molar-refractivity contribution in [1.82, 2.24) is 10.2 Å². The van der Waals surface area contributed by atoms with Crippen molar-refractivity contribution in [2.45, 2.75) is 12.6 Å². The van der Waals surface area contributed by atoms with Gasteiger partial charge < -0.3 is 20.1 Å². The van der Waals surface area contributed by atoms with Crippen LogP contribution in [0, 0.1) is 0 Å². The minimum Gasteiger partial charge on any atom is -0.480 e. The molecule has 0 aliphatic carbocycles. The Labute approximate surface area is 127 Å². The van der Waals surface area contributed by atoms with Gasteiger partial charge in [0.05, 0.1) is 6.54 Å². The Balaban J connectivity index is 0.00000200. The molecular weight excluding hydrogens is 312 g/mol. The van der Waals surface area contributed by atoms with Gasteiger partial charge in [-0.3, -0.25) is 4.79 Å². The van der Waals surface area contributed by atoms with E-state index in [-0.39, 0.29) is 30.2 Å². The van der Waals surface area contributed by atoms with Gasteiger partial charge in [0, 0.05) is 30.2 Å². The van der Waals surface area contributed by atoms with Crippen LogP contribution >= 0.6 is 0 Å². The fourth-order valence-corrected chi connectivity index (χ4v) is 1.89. The average molecular weight is 328 g/mol. The van der Waals surface area contributed by atoms with Crippen LogP contribution in [0.15, 0.2) is 30.3 Å². The molecule has 6 nitrogen and oxygen atoms in total. The van der Waals surface area contributed by atoms with E-state index in [1.165, 1.54) is 4.90 Å². The third-order valence-electron chi connectivity index (χ3n) is 2.94. The topological polar surface area (TPSA) is 78.9 Å². The van der Waals surface area contributed by atoms with Crippen LogP contribution in [0.3, 0.4) is 0 Å². The molecule has 1 heterocycles. The molecule has 0 spiro atoms. The summed E-state index contributed by atoms with van der Waals surface area (Å²) in [4.78, 5) is 24.1. The van der Waals surface area contributed by atoms with Crippen molar-refractivity contribution in [3.63, 3.8) is 0 Å². The first-order valence-electron chi connectivity index (χ1n) is 6.08. The number of benzene rings is 1. The molecule has 1 aliphatic heterocycles. The molecule has 1 unspecified atom stereocenters. The van der Waals surface area contributed by atoms with Gasteiger partial charge in [-0.1, -0.05) is 30.3 Å². The number of ether oxygens (including phenoxy) is 1. The average Bonchev–Trinajstić information content (AvgIpc) is 2.46. The zero-order chi connectivity index (χ0) is 13.7. The maximum absolute atomic E-state index is 11.8. The summed E-state index contributed by atoms with van der Waals surface area (Å²) >= 11 is 0. The SMILES string of the molecule is O=C(O)C1CN(C(=O)OCc2ccccc2)CCN1.[Cu]. The van der Waals surface area contributed by atoms with Gasteiger partial charge in [-0.25, -0.2) is 4.79 Å². The van der Waals surface area contributed by atoms with Crippen LogP contribution in [-0.2, 0) is 33.2 Å². The molecule has 113 valence electrons. The van der Waals surface area contributed by atoms with Crippen LogP contribution < -0.4 is 5.32 Å². The van der Waals surface area contributed by atoms with Crippen LogP contribution in [-0.4, -0.2) is 47.7 Å². The maximum atomic E-state index is 11.8. The van der Waals surface area contributed by atoms with Gasteiger partial charge in [-0.15, -0.1) is 0 Å². The second kappa shape index (κ2) is 7.89. The molecule has 1 radical (unpaired) electrons. The molecule has 2 N–H and O–H groups in total. The fourth-order valence-electron chi connectivity index (χ4n) is 1.89. The second-order valence-electron chi connectivity index (χ2n) is 4.33. The first-order valence-corrected chi connectivity index (χ1v) is 6.08. The van der Waals surface area contributed by atoms with Crippen molar-refractivity contribution in [2.75, 3.05) is 19.6 Å². The van der Waals surface area contributed by atoms with Crippen molar-refractivity contribution >= 4 is 12.1 Å². The van der Waals surface area contributed by atoms with Crippen LogP contribution in [0.1, 0.15) is 5.56 Å². The number of carbonyl (C=O) groups is 2. The van der Waals surface area contributed by atoms with E-state index >= 15 is 0 Å². The molecule has 0 saturated carbocycles. The van der Waals surface area contributed by atoms with E-state index < -0.39 is 18.1 Å². The molecule has 1 amide bonds. The quantitative estimate of drug-likeness (QED) is 0.798. The summed E-state index contributed by atoms with van der Waals surface area (Å²) in [6, 6.07) is 8.64. The molecule has 0 aromatic heterocycles. The molecule has 1 aromatic carbocycles. The third kappa shape index (κ3) is 4.52. The summed E-state index contributed by atoms with van der Waals surface area (Å²) in [5.74, 6) is -0.958. The van der Waals surface area contributed by atoms with E-state index in [4.69, 9.17) is 9.84 Å². The first kappa shape index (κ1) is 16.5. The summed E-state index contributed by atoms with van der Waals surface area (Å²) in [5, 5.41) is 11.7. The Morgan fingerprint density at radius 1 is 1.35 bits per heavy atom. The molecule has 1 atom stereocenters. The Morgan fingerprint density at radius 3 is 2.70 bits per heavy atom. The zero-order valence-electron chi connectivity index (χ0n) is 10.7. The van der Waals surface area contributed by atoms with Gasteiger partial charge in [0.25, 0.3) is 0 Å². The normalized spacial score (nSPS) is 18.0. The van der Waals surface area contributed by atoms with Gasteiger partial charge in [0.15, 0.2) is 0 Å². The predicted octanol–water partition coefficient (Wildman–Crippen LogP) is 0.679. The molecule has 1 fully saturated rings. The second-order valence-corrected chi connectivity index (χ2v) is 4.33. The summed E-state index contributed by atoms with van der Waals surface area (Å²) in [7, 11) is 0. The number of rotatable bonds is 3. The Morgan fingerprint density at radius 2 is 2.05 bits per heavy atom. The minimum absolute atomic E-state index is 0. The standard InChI is InChI=1S/C13H16N2O4.Cu/c16-12(17)11-8-15(7-6-14-11)13(18)19-9-10-4-2-1-3-5-10;/h1-5,11,14H,6-9H2,(H,16,17);. The number of carboxylic acids is 1. The van der Waals surface area contributed by atoms with Crippen LogP contribution in [0.4, 0.5) is 4.79 Å². The van der Waals surface area contributed by atoms with Crippen LogP contribution in [0.2, 0.25) is 0 Å². The zero-order valence-corrected chi connectivity index (χ0v) is 11.7. The minimum atomic E-state index is -0.958. The number of carbonyl (C=O) groups excluding carboxylic acids is 1. The van der Waals surface area contributed by atoms with Gasteiger partial charge in [-0.05, 0) is 5.56 Å². The first-order chi connectivity index (χ1) is 9.16. The number of carboxylic acid groups (broad SMARTS) is 1. The Hall–Kier alpha value is -1.56. The summed E-state index contributed by atoms with van der Waals surface area (Å²) < 4.78 is 5.16. The van der Waals surface area contributed by atoms with Crippen LogP contribution in [0.25, 0.3) is 0 Å². The molecule has 2 rings (SSSR count). The van der Waals surface area contributed by atoms with Crippen molar-refractivity contribution in [1.29, 1.82) is 0 Å². The number of hydrogen-bond donors (Lipinski definition) is 2. The number of aliphatic carboxylic acids is 1. The van der Waals surface area contributed by atoms with E-state index in [1.807, 2.05) is 30.3 Å². The van der Waals surface area contributed by atoms with Gasteiger partial charge >= 0.3 is 12.1 Å². The molecule has 0 bridgehead atoms. The van der Waals surface area contributed by atoms with Crippen molar-refractivity contribution in [3.8, 4) is 0 Å². The molecule has 1 aliphatic rings. The van der Waals surface area contributed by atoms with Crippen molar-refractivity contribution in [2.24, 2.45) is 0 Å². The van der Waals surface area contributed by atoms with Gasteiger partial charge in [0.1, 0.15) is 12.6 Å². The molecular formula is C13H16CuN2O4. The van der Waals surface area contributed by atoms with E-state index in [9.17, 15) is 9.59 Å². The van der Waals surface area contributed by atoms with E-state index in [1.54, 1.807) is 0 Å². The van der Waals surface area contributed by atoms with Crippen molar-refractivity contribution < 1.29 is 36.5 Å². The number of amides is 1. The number of nitrogens with one attached hydrogen (secondary N) is 1. The Kier molecular flexibility index (Phi) is 6.51. The smallest absolute Gasteiger partial charge is 0.410 e. The van der Waals surface area contributed by atoms with Crippen LogP contribution in [0.5, 0.6) is 0 Å². The molecule has 1 aromatic rings. The summed E-state index contributed by atoms with van der Waals surface area (Å²) in [5.41, 5.74) is 0.903. The Bertz CT molecular complexity index is 455. The maximum Gasteiger partial charge on any atom is 0.410 e. The van der Waals surface area contributed by atoms with Gasteiger partial charge in [0.2, 0.25) is 0 Å². The van der Waals surface area contributed by atoms with E-state index in [0.29, 0.717) is 13.1 Å².